The topological polar surface area (TPSA) is 99.6 Å². The first-order chi connectivity index (χ1) is 15.0. The predicted molar refractivity (Wildman–Crippen MR) is 112 cm³/mol. The van der Waals surface area contributed by atoms with E-state index < -0.39 is 6.04 Å². The van der Waals surface area contributed by atoms with Crippen LogP contribution < -0.4 is 10.6 Å². The van der Waals surface area contributed by atoms with Gasteiger partial charge in [0.05, 0.1) is 12.2 Å². The fourth-order valence-corrected chi connectivity index (χ4v) is 4.92. The first kappa shape index (κ1) is 19.9. The zero-order valence-corrected chi connectivity index (χ0v) is 17.5. The van der Waals surface area contributed by atoms with Crippen molar-refractivity contribution < 1.29 is 14.4 Å². The molecule has 5 rings (SSSR count). The Kier molecular flexibility index (Phi) is 5.07. The third kappa shape index (κ3) is 3.64. The number of aryl methyl sites for hydroxylation is 1. The molecule has 0 saturated carbocycles. The normalized spacial score (nSPS) is 24.4. The number of aromatic nitrogens is 2. The van der Waals surface area contributed by atoms with E-state index in [0.717, 1.165) is 36.3 Å². The number of nitrogens with one attached hydrogen (secondary N) is 2. The lowest BCUT2D eigenvalue weighted by Crippen LogP contribution is -2.52. The number of hydrogen-bond acceptors (Lipinski definition) is 6. The van der Waals surface area contributed by atoms with E-state index in [2.05, 4.69) is 20.6 Å². The standard InChI is InChI=1S/C22H26N6O3/c1-26-11-16(9-24-26)18-10-23-7-8-27(18)12-14-3-2-4-15-13-28(22(31)20(14)15)17-5-6-19(29)25-21(17)30/h2-4,9,11,17-18,23H,5-8,10,12-13H2,1H3,(H,25,29,30). The van der Waals surface area contributed by atoms with Gasteiger partial charge in [0.1, 0.15) is 6.04 Å². The molecule has 2 fully saturated rings. The van der Waals surface area contributed by atoms with Crippen molar-refractivity contribution >= 4 is 17.7 Å². The molecule has 9 heteroatoms. The molecule has 0 radical (unpaired) electrons. The second-order valence-corrected chi connectivity index (χ2v) is 8.49. The molecule has 2 N–H and O–H groups in total. The summed E-state index contributed by atoms with van der Waals surface area (Å²) in [5.41, 5.74) is 3.78. The van der Waals surface area contributed by atoms with Crippen LogP contribution in [0, 0.1) is 0 Å². The van der Waals surface area contributed by atoms with E-state index in [4.69, 9.17) is 0 Å². The van der Waals surface area contributed by atoms with Gasteiger partial charge in [-0.05, 0) is 17.5 Å². The summed E-state index contributed by atoms with van der Waals surface area (Å²) in [6.45, 7) is 3.65. The molecule has 2 unspecified atom stereocenters. The molecule has 31 heavy (non-hydrogen) atoms. The van der Waals surface area contributed by atoms with Crippen LogP contribution in [0.4, 0.5) is 0 Å². The van der Waals surface area contributed by atoms with Crippen molar-refractivity contribution in [1.29, 1.82) is 0 Å². The summed E-state index contributed by atoms with van der Waals surface area (Å²) >= 11 is 0. The fraction of sp³-hybridized carbons (Fsp3) is 0.455. The lowest BCUT2D eigenvalue weighted by Gasteiger charge is -2.36. The Morgan fingerprint density at radius 1 is 1.19 bits per heavy atom. The van der Waals surface area contributed by atoms with E-state index in [1.807, 2.05) is 42.3 Å². The zero-order chi connectivity index (χ0) is 21.5. The van der Waals surface area contributed by atoms with Crippen molar-refractivity contribution in [2.75, 3.05) is 19.6 Å². The molecule has 3 aliphatic rings. The number of benzene rings is 1. The molecule has 1 aromatic carbocycles. The number of imide groups is 1. The van der Waals surface area contributed by atoms with Crippen LogP contribution in [-0.4, -0.2) is 63.0 Å². The number of carbonyl (C=O) groups is 3. The molecule has 1 aromatic heterocycles. The summed E-state index contributed by atoms with van der Waals surface area (Å²) in [5.74, 6) is -0.767. The van der Waals surface area contributed by atoms with E-state index in [-0.39, 0.29) is 30.2 Å². The van der Waals surface area contributed by atoms with Crippen LogP contribution >= 0.6 is 0 Å². The van der Waals surface area contributed by atoms with Crippen molar-refractivity contribution in [3.63, 3.8) is 0 Å². The van der Waals surface area contributed by atoms with Crippen LogP contribution in [0.2, 0.25) is 0 Å². The number of hydrogen-bond donors (Lipinski definition) is 2. The molecular weight excluding hydrogens is 396 g/mol. The summed E-state index contributed by atoms with van der Waals surface area (Å²) in [6.07, 6.45) is 4.57. The van der Waals surface area contributed by atoms with Gasteiger partial charge in [0.25, 0.3) is 5.91 Å². The molecule has 0 bridgehead atoms. The molecule has 2 atom stereocenters. The Hall–Kier alpha value is -3.04. The molecular formula is C22H26N6O3. The third-order valence-electron chi connectivity index (χ3n) is 6.48. The fourth-order valence-electron chi connectivity index (χ4n) is 4.92. The van der Waals surface area contributed by atoms with Gasteiger partial charge in [-0.2, -0.15) is 5.10 Å². The molecule has 3 aliphatic heterocycles. The number of piperidine rings is 1. The predicted octanol–water partition coefficient (Wildman–Crippen LogP) is 0.328. The maximum absolute atomic E-state index is 13.4. The Labute approximate surface area is 180 Å². The molecule has 0 spiro atoms. The summed E-state index contributed by atoms with van der Waals surface area (Å²) in [7, 11) is 1.91. The minimum absolute atomic E-state index is 0.117. The summed E-state index contributed by atoms with van der Waals surface area (Å²) in [6, 6.07) is 5.54. The highest BCUT2D eigenvalue weighted by molar-refractivity contribution is 6.06. The molecule has 2 saturated heterocycles. The average molecular weight is 422 g/mol. The average Bonchev–Trinajstić information content (AvgIpc) is 3.32. The maximum atomic E-state index is 13.4. The van der Waals surface area contributed by atoms with Crippen molar-refractivity contribution in [3.05, 3.63) is 52.8 Å². The van der Waals surface area contributed by atoms with Crippen molar-refractivity contribution in [2.24, 2.45) is 7.05 Å². The van der Waals surface area contributed by atoms with Gasteiger partial charge in [-0.1, -0.05) is 18.2 Å². The summed E-state index contributed by atoms with van der Waals surface area (Å²) < 4.78 is 1.81. The third-order valence-corrected chi connectivity index (χ3v) is 6.48. The van der Waals surface area contributed by atoms with Crippen molar-refractivity contribution in [2.45, 2.75) is 38.0 Å². The summed E-state index contributed by atoms with van der Waals surface area (Å²) in [4.78, 5) is 41.2. The minimum atomic E-state index is -0.590. The lowest BCUT2D eigenvalue weighted by molar-refractivity contribution is -0.136. The van der Waals surface area contributed by atoms with Crippen LogP contribution in [0.25, 0.3) is 0 Å². The van der Waals surface area contributed by atoms with E-state index in [1.54, 1.807) is 4.90 Å². The summed E-state index contributed by atoms with van der Waals surface area (Å²) in [5, 5.41) is 10.1. The van der Waals surface area contributed by atoms with Gasteiger partial charge in [-0.15, -0.1) is 0 Å². The highest BCUT2D eigenvalue weighted by Gasteiger charge is 2.40. The minimum Gasteiger partial charge on any atom is -0.322 e. The first-order valence-electron chi connectivity index (χ1n) is 10.7. The Morgan fingerprint density at radius 3 is 2.84 bits per heavy atom. The van der Waals surface area contributed by atoms with Crippen LogP contribution in [-0.2, 0) is 29.7 Å². The second kappa shape index (κ2) is 7.90. The Morgan fingerprint density at radius 2 is 2.06 bits per heavy atom. The number of fused-ring (bicyclic) bond motifs is 1. The molecule has 3 amide bonds. The highest BCUT2D eigenvalue weighted by atomic mass is 16.2. The van der Waals surface area contributed by atoms with E-state index in [0.29, 0.717) is 25.1 Å². The van der Waals surface area contributed by atoms with Gasteiger partial charge < -0.3 is 10.2 Å². The van der Waals surface area contributed by atoms with Crippen molar-refractivity contribution in [3.8, 4) is 0 Å². The maximum Gasteiger partial charge on any atom is 0.255 e. The van der Waals surface area contributed by atoms with Gasteiger partial charge in [-0.25, -0.2) is 0 Å². The molecule has 2 aromatic rings. The van der Waals surface area contributed by atoms with Gasteiger partial charge >= 0.3 is 0 Å². The highest BCUT2D eigenvalue weighted by Crippen LogP contribution is 2.32. The van der Waals surface area contributed by atoms with Gasteiger partial charge in [-0.3, -0.25) is 29.3 Å². The SMILES string of the molecule is Cn1cc(C2CNCCN2Cc2cccc3c2C(=O)N(C2CCC(=O)NC2=O)C3)cn1. The van der Waals surface area contributed by atoms with Gasteiger partial charge in [0.15, 0.2) is 0 Å². The quantitative estimate of drug-likeness (QED) is 0.689. The van der Waals surface area contributed by atoms with E-state index in [1.165, 1.54) is 0 Å². The lowest BCUT2D eigenvalue weighted by atomic mass is 10.00. The number of rotatable bonds is 4. The van der Waals surface area contributed by atoms with Gasteiger partial charge in [0, 0.05) is 63.5 Å². The van der Waals surface area contributed by atoms with Crippen LogP contribution in [0.3, 0.4) is 0 Å². The molecule has 4 heterocycles. The van der Waals surface area contributed by atoms with E-state index in [9.17, 15) is 14.4 Å². The Bertz CT molecular complexity index is 1050. The molecule has 0 aliphatic carbocycles. The van der Waals surface area contributed by atoms with Gasteiger partial charge in [0.2, 0.25) is 11.8 Å². The Balaban J connectivity index is 1.39. The smallest absolute Gasteiger partial charge is 0.255 e. The molecule has 9 nitrogen and oxygen atoms in total. The number of piperazine rings is 1. The number of nitrogens with zero attached hydrogens (tertiary/aromatic N) is 4. The number of carbonyl (C=O) groups excluding carboxylic acids is 3. The largest absolute Gasteiger partial charge is 0.322 e. The van der Waals surface area contributed by atoms with E-state index >= 15 is 0 Å². The first-order valence-corrected chi connectivity index (χ1v) is 10.7. The van der Waals surface area contributed by atoms with Crippen molar-refractivity contribution in [1.82, 2.24) is 30.2 Å². The van der Waals surface area contributed by atoms with Crippen LogP contribution in [0.5, 0.6) is 0 Å². The molecule has 162 valence electrons. The van der Waals surface area contributed by atoms with Crippen LogP contribution in [0.15, 0.2) is 30.6 Å². The second-order valence-electron chi connectivity index (χ2n) is 8.49. The zero-order valence-electron chi connectivity index (χ0n) is 17.5. The number of amides is 3. The van der Waals surface area contributed by atoms with Crippen LogP contribution in [0.1, 0.15) is 45.9 Å². The monoisotopic (exact) mass is 422 g/mol.